The van der Waals surface area contributed by atoms with Gasteiger partial charge in [-0.2, -0.15) is 5.11 Å². The molecule has 0 bridgehead atoms. The molecule has 0 fully saturated rings. The number of hydrogen-bond acceptors (Lipinski definition) is 6. The number of aryl methyl sites for hydroxylation is 2. The summed E-state index contributed by atoms with van der Waals surface area (Å²) < 4.78 is 0. The Balaban J connectivity index is 1.73. The van der Waals surface area contributed by atoms with Gasteiger partial charge in [-0.15, -0.1) is 16.5 Å². The Hall–Kier alpha value is -3.58. The SMILES string of the molecule is Cc1nc2sc(C(=O)Nc3ccccc3)c(N)c2c(C)c1N=Nc1ccccc1. The van der Waals surface area contributed by atoms with E-state index in [2.05, 4.69) is 20.5 Å². The molecule has 0 aliphatic rings. The quantitative estimate of drug-likeness (QED) is 0.401. The van der Waals surface area contributed by atoms with Crippen molar-refractivity contribution in [2.45, 2.75) is 13.8 Å². The number of rotatable bonds is 4. The number of carbonyl (C=O) groups excluding carboxylic acids is 1. The van der Waals surface area contributed by atoms with Crippen molar-refractivity contribution >= 4 is 50.2 Å². The Morgan fingerprint density at radius 1 is 1.00 bits per heavy atom. The Bertz CT molecular complexity index is 1220. The third kappa shape index (κ3) is 3.72. The molecule has 0 atom stereocenters. The van der Waals surface area contributed by atoms with Crippen LogP contribution in [0.15, 0.2) is 70.9 Å². The average Bonchev–Trinajstić information content (AvgIpc) is 3.05. The molecule has 0 aliphatic carbocycles. The van der Waals surface area contributed by atoms with E-state index in [1.807, 2.05) is 74.5 Å². The molecule has 6 nitrogen and oxygen atoms in total. The maximum absolute atomic E-state index is 12.7. The number of aromatic nitrogens is 1. The Labute approximate surface area is 172 Å². The number of anilines is 2. The van der Waals surface area contributed by atoms with Crippen LogP contribution in [0.4, 0.5) is 22.7 Å². The summed E-state index contributed by atoms with van der Waals surface area (Å²) in [5, 5.41) is 12.3. The summed E-state index contributed by atoms with van der Waals surface area (Å²) >= 11 is 1.28. The zero-order valence-electron chi connectivity index (χ0n) is 16.0. The van der Waals surface area contributed by atoms with Crippen LogP contribution in [0.2, 0.25) is 0 Å². The van der Waals surface area contributed by atoms with Crippen molar-refractivity contribution in [1.29, 1.82) is 0 Å². The monoisotopic (exact) mass is 401 g/mol. The van der Waals surface area contributed by atoms with Gasteiger partial charge in [-0.05, 0) is 43.7 Å². The predicted octanol–water partition coefficient (Wildman–Crippen LogP) is 6.16. The Morgan fingerprint density at radius 2 is 1.66 bits per heavy atom. The third-order valence-electron chi connectivity index (χ3n) is 4.53. The maximum Gasteiger partial charge on any atom is 0.267 e. The molecule has 1 amide bonds. The highest BCUT2D eigenvalue weighted by Gasteiger charge is 2.21. The van der Waals surface area contributed by atoms with Gasteiger partial charge >= 0.3 is 0 Å². The van der Waals surface area contributed by atoms with Crippen LogP contribution in [0, 0.1) is 13.8 Å². The number of azo groups is 1. The second-order valence-corrected chi connectivity index (χ2v) is 7.55. The van der Waals surface area contributed by atoms with E-state index in [4.69, 9.17) is 5.73 Å². The zero-order chi connectivity index (χ0) is 20.4. The molecule has 29 heavy (non-hydrogen) atoms. The Kier molecular flexibility index (Phi) is 5.05. The van der Waals surface area contributed by atoms with Gasteiger partial charge in [-0.25, -0.2) is 4.98 Å². The summed E-state index contributed by atoms with van der Waals surface area (Å²) in [6.45, 7) is 3.81. The fourth-order valence-electron chi connectivity index (χ4n) is 3.10. The summed E-state index contributed by atoms with van der Waals surface area (Å²) in [7, 11) is 0. The molecule has 0 spiro atoms. The van der Waals surface area contributed by atoms with Crippen LogP contribution in [0.1, 0.15) is 20.9 Å². The number of nitrogen functional groups attached to an aromatic ring is 1. The number of para-hydroxylation sites is 1. The molecule has 2 aromatic carbocycles. The first-order valence-corrected chi connectivity index (χ1v) is 9.88. The lowest BCUT2D eigenvalue weighted by Crippen LogP contribution is -2.11. The first kappa shape index (κ1) is 18.8. The van der Waals surface area contributed by atoms with Gasteiger partial charge in [0.05, 0.1) is 17.1 Å². The second kappa shape index (κ2) is 7.81. The van der Waals surface area contributed by atoms with Gasteiger partial charge < -0.3 is 11.1 Å². The summed E-state index contributed by atoms with van der Waals surface area (Å²) in [6, 6.07) is 18.8. The first-order chi connectivity index (χ1) is 14.0. The highest BCUT2D eigenvalue weighted by molar-refractivity contribution is 7.21. The highest BCUT2D eigenvalue weighted by Crippen LogP contribution is 2.40. The van der Waals surface area contributed by atoms with E-state index < -0.39 is 0 Å². The number of amides is 1. The molecule has 0 unspecified atom stereocenters. The molecule has 4 rings (SSSR count). The number of pyridine rings is 1. The van der Waals surface area contributed by atoms with Crippen LogP contribution >= 0.6 is 11.3 Å². The minimum absolute atomic E-state index is 0.249. The van der Waals surface area contributed by atoms with E-state index in [9.17, 15) is 4.79 Å². The van der Waals surface area contributed by atoms with E-state index in [0.29, 0.717) is 21.9 Å². The van der Waals surface area contributed by atoms with Crippen molar-refractivity contribution in [3.8, 4) is 0 Å². The lowest BCUT2D eigenvalue weighted by molar-refractivity contribution is 0.103. The van der Waals surface area contributed by atoms with E-state index in [-0.39, 0.29) is 5.91 Å². The van der Waals surface area contributed by atoms with Crippen LogP contribution in [-0.4, -0.2) is 10.9 Å². The van der Waals surface area contributed by atoms with Crippen LogP contribution in [0.3, 0.4) is 0 Å². The van der Waals surface area contributed by atoms with Crippen LogP contribution in [0.5, 0.6) is 0 Å². The van der Waals surface area contributed by atoms with Gasteiger partial charge in [-0.1, -0.05) is 36.4 Å². The van der Waals surface area contributed by atoms with Crippen molar-refractivity contribution in [1.82, 2.24) is 4.98 Å². The predicted molar refractivity (Wildman–Crippen MR) is 119 cm³/mol. The van der Waals surface area contributed by atoms with Crippen molar-refractivity contribution in [2.75, 3.05) is 11.1 Å². The Morgan fingerprint density at radius 3 is 2.34 bits per heavy atom. The summed E-state index contributed by atoms with van der Waals surface area (Å²) in [5.74, 6) is -0.249. The first-order valence-electron chi connectivity index (χ1n) is 9.07. The van der Waals surface area contributed by atoms with Crippen LogP contribution in [-0.2, 0) is 0 Å². The highest BCUT2D eigenvalue weighted by atomic mass is 32.1. The van der Waals surface area contributed by atoms with E-state index in [1.165, 1.54) is 11.3 Å². The molecule has 2 heterocycles. The third-order valence-corrected chi connectivity index (χ3v) is 5.63. The van der Waals surface area contributed by atoms with E-state index >= 15 is 0 Å². The van der Waals surface area contributed by atoms with Crippen molar-refractivity contribution in [3.63, 3.8) is 0 Å². The lowest BCUT2D eigenvalue weighted by atomic mass is 10.1. The molecule has 2 aromatic heterocycles. The molecule has 4 aromatic rings. The zero-order valence-corrected chi connectivity index (χ0v) is 16.8. The molecule has 0 radical (unpaired) electrons. The summed E-state index contributed by atoms with van der Waals surface area (Å²) in [6.07, 6.45) is 0. The number of nitrogens with two attached hydrogens (primary N) is 1. The van der Waals surface area contributed by atoms with E-state index in [1.54, 1.807) is 0 Å². The number of fused-ring (bicyclic) bond motifs is 1. The number of nitrogens with zero attached hydrogens (tertiary/aromatic N) is 3. The average molecular weight is 401 g/mol. The minimum Gasteiger partial charge on any atom is -0.397 e. The van der Waals surface area contributed by atoms with Gasteiger partial charge in [-0.3, -0.25) is 4.79 Å². The number of benzene rings is 2. The molecule has 7 heteroatoms. The van der Waals surface area contributed by atoms with Gasteiger partial charge in [0.1, 0.15) is 15.4 Å². The fourth-order valence-corrected chi connectivity index (χ4v) is 4.19. The molecule has 0 saturated carbocycles. The van der Waals surface area contributed by atoms with E-state index in [0.717, 1.165) is 27.2 Å². The number of hydrogen-bond donors (Lipinski definition) is 2. The van der Waals surface area contributed by atoms with Crippen molar-refractivity contribution in [2.24, 2.45) is 10.2 Å². The topological polar surface area (TPSA) is 92.7 Å². The number of carbonyl (C=O) groups is 1. The van der Waals surface area contributed by atoms with Crippen LogP contribution in [0.25, 0.3) is 10.2 Å². The molecule has 144 valence electrons. The maximum atomic E-state index is 12.7. The summed E-state index contributed by atoms with van der Waals surface area (Å²) in [5.41, 5.74) is 10.5. The van der Waals surface area contributed by atoms with Crippen molar-refractivity contribution < 1.29 is 4.79 Å². The summed E-state index contributed by atoms with van der Waals surface area (Å²) in [4.78, 5) is 18.5. The standard InChI is InChI=1S/C22H19N5OS/c1-13-17-18(23)20(21(28)25-15-9-5-3-6-10-15)29-22(17)24-14(2)19(13)27-26-16-11-7-4-8-12-16/h3-12H,23H2,1-2H3,(H,25,28). The lowest BCUT2D eigenvalue weighted by Gasteiger charge is -2.06. The largest absolute Gasteiger partial charge is 0.397 e. The smallest absolute Gasteiger partial charge is 0.267 e. The number of nitrogens with one attached hydrogen (secondary N) is 1. The molecular formula is C22H19N5OS. The second-order valence-electron chi connectivity index (χ2n) is 6.55. The molecule has 0 aliphatic heterocycles. The fraction of sp³-hybridized carbons (Fsp3) is 0.0909. The molecule has 3 N–H and O–H groups in total. The van der Waals surface area contributed by atoms with Gasteiger partial charge in [0.15, 0.2) is 0 Å². The number of thiophene rings is 1. The normalized spacial score (nSPS) is 11.2. The van der Waals surface area contributed by atoms with Gasteiger partial charge in [0, 0.05) is 11.1 Å². The minimum atomic E-state index is -0.249. The molecule has 0 saturated heterocycles. The van der Waals surface area contributed by atoms with Gasteiger partial charge in [0.2, 0.25) is 0 Å². The van der Waals surface area contributed by atoms with Crippen molar-refractivity contribution in [3.05, 3.63) is 76.8 Å². The van der Waals surface area contributed by atoms with Gasteiger partial charge in [0.25, 0.3) is 5.91 Å². The van der Waals surface area contributed by atoms with Crippen LogP contribution < -0.4 is 11.1 Å². The molecular weight excluding hydrogens is 382 g/mol.